The van der Waals surface area contributed by atoms with Crippen LogP contribution in [0.3, 0.4) is 0 Å². The number of nitrogens with zero attached hydrogens (tertiary/aromatic N) is 14. The van der Waals surface area contributed by atoms with Gasteiger partial charge in [-0.15, -0.1) is 0 Å². The van der Waals surface area contributed by atoms with E-state index < -0.39 is 0 Å². The average molecular weight is 1170 g/mol. The molecule has 11 aromatic carbocycles. The molecule has 418 valence electrons. The molecule has 14 rings (SSSR count). The van der Waals surface area contributed by atoms with Crippen LogP contribution in [0.15, 0.2) is 218 Å². The second-order valence-corrected chi connectivity index (χ2v) is 21.5. The highest BCUT2D eigenvalue weighted by Crippen LogP contribution is 2.47. The molecule has 0 atom stereocenters. The van der Waals surface area contributed by atoms with Gasteiger partial charge in [0.25, 0.3) is 0 Å². The largest absolute Gasteiger partial charge is 0.308 e. The van der Waals surface area contributed by atoms with Gasteiger partial charge in [-0.2, -0.15) is 31.6 Å². The molecule has 0 unspecified atom stereocenters. The van der Waals surface area contributed by atoms with Crippen LogP contribution in [-0.2, 0) is 0 Å². The molecule has 0 saturated carbocycles. The molecule has 0 N–H and O–H groups in total. The Balaban J connectivity index is 1.13. The van der Waals surface area contributed by atoms with Crippen LogP contribution in [0, 0.1) is 87.7 Å². The zero-order valence-corrected chi connectivity index (χ0v) is 48.0. The molecule has 0 radical (unpaired) electrons. The van der Waals surface area contributed by atoms with Crippen LogP contribution in [0.25, 0.3) is 148 Å². The molecule has 0 amide bonds. The Labute approximate surface area is 526 Å². The second kappa shape index (κ2) is 22.7. The van der Waals surface area contributed by atoms with Crippen LogP contribution < -0.4 is 0 Å². The summed E-state index contributed by atoms with van der Waals surface area (Å²) in [5.74, 6) is 0.990. The van der Waals surface area contributed by atoms with E-state index in [0.717, 1.165) is 32.7 Å². The summed E-state index contributed by atoms with van der Waals surface area (Å²) in [5.41, 5.74) is 13.7. The lowest BCUT2D eigenvalue weighted by Crippen LogP contribution is -2.06. The third-order valence-electron chi connectivity index (χ3n) is 16.4. The highest BCUT2D eigenvalue weighted by Gasteiger charge is 2.26. The van der Waals surface area contributed by atoms with Crippen LogP contribution in [0.4, 0.5) is 17.1 Å². The van der Waals surface area contributed by atoms with E-state index in [1.165, 1.54) is 0 Å². The van der Waals surface area contributed by atoms with Crippen molar-refractivity contribution in [2.75, 3.05) is 0 Å². The van der Waals surface area contributed by atoms with Crippen molar-refractivity contribution in [3.05, 3.63) is 286 Å². The SMILES string of the molecule is [C-]#[N+]c1ccc(-c2ccc3c(c2)c2cc(-c4ccc(C#N)cc4[N+]#[C-])ccc2n3-c2cc([N+]#[C-])c(-c3nc(-c4ccccc4)nc(-c4ccccc4)n3)cc2-n2c3ccc(-c4ccc(C#N)cc4C#N)cc3c3cc(-c4ccc(C#N)cc4C#N)ccc32)c(C#N)c1. The molecule has 0 spiro atoms. The molecular formula is C78H36N14. The molecule has 14 heteroatoms. The smallest absolute Gasteiger partial charge is 0.200 e. The van der Waals surface area contributed by atoms with Crippen molar-refractivity contribution in [2.45, 2.75) is 0 Å². The van der Waals surface area contributed by atoms with Gasteiger partial charge in [0.1, 0.15) is 0 Å². The fraction of sp³-hybridized carbons (Fsp3) is 0. The molecule has 0 aliphatic heterocycles. The number of hydrogen-bond donors (Lipinski definition) is 0. The standard InChI is InChI=1S/C78H36N14/c1-85-58-21-25-61(57(33-58)45-84)53-19-28-72-65(36-53)66-37-54(62-24-16-48(42-81)32-68(62)86-2)20-29-73(66)92(72)75-39-69(87-3)67(78-89-76(49-10-6-4-7-11-49)88-77(90-78)50-12-8-5-9-13-50)38-74(75)91-70-26-17-51(59-22-14-46(40-79)30-55(59)43-82)34-63(70)64-35-52(18-27-71(64)91)60-23-15-47(41-80)31-56(60)44-83/h4-39H. The van der Waals surface area contributed by atoms with E-state index in [2.05, 4.69) is 60.1 Å². The Morgan fingerprint density at radius 3 is 1.08 bits per heavy atom. The molecule has 92 heavy (non-hydrogen) atoms. The summed E-state index contributed by atoms with van der Waals surface area (Å²) in [7, 11) is 0. The molecule has 0 aliphatic carbocycles. The van der Waals surface area contributed by atoms with Crippen LogP contribution in [0.2, 0.25) is 0 Å². The maximum Gasteiger partial charge on any atom is 0.200 e. The summed E-state index contributed by atoms with van der Waals surface area (Å²) in [6.45, 7) is 25.0. The first-order chi connectivity index (χ1) is 45.2. The molecule has 0 bridgehead atoms. The van der Waals surface area contributed by atoms with E-state index in [-0.39, 0.29) is 11.5 Å². The Bertz CT molecular complexity index is 5620. The van der Waals surface area contributed by atoms with Gasteiger partial charge >= 0.3 is 0 Å². The van der Waals surface area contributed by atoms with Gasteiger partial charge in [-0.1, -0.05) is 115 Å². The second-order valence-electron chi connectivity index (χ2n) is 21.5. The van der Waals surface area contributed by atoms with Crippen molar-refractivity contribution in [1.29, 1.82) is 31.6 Å². The van der Waals surface area contributed by atoms with Crippen LogP contribution in [0.1, 0.15) is 33.4 Å². The molecule has 3 heterocycles. The maximum atomic E-state index is 10.5. The molecule has 14 nitrogen and oxygen atoms in total. The Morgan fingerprint density at radius 2 is 0.663 bits per heavy atom. The highest BCUT2D eigenvalue weighted by atomic mass is 15.1. The van der Waals surface area contributed by atoms with Gasteiger partial charge in [0.15, 0.2) is 34.5 Å². The van der Waals surface area contributed by atoms with Gasteiger partial charge in [-0.05, 0) is 148 Å². The first-order valence-corrected chi connectivity index (χ1v) is 28.5. The van der Waals surface area contributed by atoms with E-state index in [0.29, 0.717) is 140 Å². The van der Waals surface area contributed by atoms with E-state index in [9.17, 15) is 31.6 Å². The molecule has 0 aliphatic rings. The Kier molecular flexibility index (Phi) is 13.6. The lowest BCUT2D eigenvalue weighted by Gasteiger charge is -2.20. The fourth-order valence-corrected chi connectivity index (χ4v) is 12.2. The molecular weight excluding hydrogens is 1130 g/mol. The van der Waals surface area contributed by atoms with Gasteiger partial charge < -0.3 is 9.13 Å². The fourth-order valence-electron chi connectivity index (χ4n) is 12.2. The predicted molar refractivity (Wildman–Crippen MR) is 354 cm³/mol. The Hall–Kier alpha value is -14.6. The average Bonchev–Trinajstić information content (AvgIpc) is 1.55. The van der Waals surface area contributed by atoms with Gasteiger partial charge in [-0.25, -0.2) is 29.5 Å². The van der Waals surface area contributed by atoms with Crippen LogP contribution >= 0.6 is 0 Å². The number of hydrogen-bond acceptors (Lipinski definition) is 9. The third kappa shape index (κ3) is 9.35. The van der Waals surface area contributed by atoms with Gasteiger partial charge in [-0.3, -0.25) is 0 Å². The zero-order valence-electron chi connectivity index (χ0n) is 48.0. The predicted octanol–water partition coefficient (Wildman–Crippen LogP) is 18.6. The number of nitriles is 6. The van der Waals surface area contributed by atoms with Crippen molar-refractivity contribution in [1.82, 2.24) is 24.1 Å². The van der Waals surface area contributed by atoms with Crippen molar-refractivity contribution in [3.63, 3.8) is 0 Å². The summed E-state index contributed by atoms with van der Waals surface area (Å²) in [6, 6.07) is 79.9. The van der Waals surface area contributed by atoms with Crippen molar-refractivity contribution in [3.8, 4) is 126 Å². The van der Waals surface area contributed by atoms with E-state index in [1.54, 1.807) is 72.8 Å². The Morgan fingerprint density at radius 1 is 0.293 bits per heavy atom. The minimum Gasteiger partial charge on any atom is -0.308 e. The number of aromatic nitrogens is 5. The number of rotatable bonds is 9. The summed E-state index contributed by atoms with van der Waals surface area (Å²) in [5, 5.41) is 64.1. The summed E-state index contributed by atoms with van der Waals surface area (Å²) in [4.78, 5) is 27.1. The molecule has 14 aromatic rings. The molecule has 0 saturated heterocycles. The van der Waals surface area contributed by atoms with E-state index in [4.69, 9.17) is 34.7 Å². The first-order valence-electron chi connectivity index (χ1n) is 28.5. The van der Waals surface area contributed by atoms with Crippen LogP contribution in [0.5, 0.6) is 0 Å². The van der Waals surface area contributed by atoms with Crippen molar-refractivity contribution in [2.24, 2.45) is 0 Å². The first kappa shape index (κ1) is 55.3. The van der Waals surface area contributed by atoms with Crippen molar-refractivity contribution < 1.29 is 0 Å². The zero-order chi connectivity index (χ0) is 63.1. The minimum atomic E-state index is 0.203. The lowest BCUT2D eigenvalue weighted by molar-refractivity contribution is 1.07. The van der Waals surface area contributed by atoms with Gasteiger partial charge in [0, 0.05) is 49.4 Å². The van der Waals surface area contributed by atoms with E-state index in [1.807, 2.05) is 146 Å². The summed E-state index contributed by atoms with van der Waals surface area (Å²) >= 11 is 0. The van der Waals surface area contributed by atoms with Crippen LogP contribution in [-0.4, -0.2) is 24.1 Å². The maximum absolute atomic E-state index is 10.5. The quantitative estimate of drug-likeness (QED) is 0.126. The third-order valence-corrected chi connectivity index (χ3v) is 16.4. The highest BCUT2D eigenvalue weighted by molar-refractivity contribution is 6.15. The molecule has 0 fully saturated rings. The summed E-state index contributed by atoms with van der Waals surface area (Å²) < 4.78 is 4.21. The van der Waals surface area contributed by atoms with Gasteiger partial charge in [0.2, 0.25) is 0 Å². The van der Waals surface area contributed by atoms with Gasteiger partial charge in [0.05, 0.1) is 112 Å². The topological polar surface area (TPSA) is 204 Å². The monoisotopic (exact) mass is 1170 g/mol. The lowest BCUT2D eigenvalue weighted by atomic mass is 9.95. The number of fused-ring (bicyclic) bond motifs is 6. The summed E-state index contributed by atoms with van der Waals surface area (Å²) in [6.07, 6.45) is 0. The number of benzene rings is 11. The van der Waals surface area contributed by atoms with Crippen molar-refractivity contribution >= 4 is 60.7 Å². The minimum absolute atomic E-state index is 0.203. The molecule has 3 aromatic heterocycles. The van der Waals surface area contributed by atoms with E-state index >= 15 is 0 Å². The normalized spacial score (nSPS) is 10.7.